The van der Waals surface area contributed by atoms with Gasteiger partial charge in [0.05, 0.1) is 5.69 Å². The molecule has 0 radical (unpaired) electrons. The number of rotatable bonds is 4. The monoisotopic (exact) mass is 426 g/mol. The van der Waals surface area contributed by atoms with E-state index in [-0.39, 0.29) is 11.6 Å². The summed E-state index contributed by atoms with van der Waals surface area (Å²) in [5, 5.41) is 7.00. The van der Waals surface area contributed by atoms with Crippen LogP contribution in [0.3, 0.4) is 0 Å². The van der Waals surface area contributed by atoms with Crippen molar-refractivity contribution in [2.75, 3.05) is 10.0 Å². The number of anilines is 2. The average Bonchev–Trinajstić information content (AvgIpc) is 2.67. The molecule has 0 saturated heterocycles. The smallest absolute Gasteiger partial charge is 0.322 e. The Morgan fingerprint density at radius 1 is 0.828 bits per heavy atom. The van der Waals surface area contributed by atoms with E-state index in [9.17, 15) is 13.2 Å². The van der Waals surface area contributed by atoms with Gasteiger partial charge in [0, 0.05) is 16.3 Å². The predicted molar refractivity (Wildman–Crippen MR) is 116 cm³/mol. The van der Waals surface area contributed by atoms with Gasteiger partial charge in [-0.1, -0.05) is 41.9 Å². The van der Waals surface area contributed by atoms with E-state index in [1.807, 2.05) is 47.2 Å². The van der Waals surface area contributed by atoms with Crippen LogP contribution in [0, 0.1) is 0 Å². The van der Waals surface area contributed by atoms with Gasteiger partial charge in [0.25, 0.3) is 5.91 Å². The molecule has 1 amide bonds. The van der Waals surface area contributed by atoms with Gasteiger partial charge in [-0.3, -0.25) is 14.1 Å². The van der Waals surface area contributed by atoms with Gasteiger partial charge in [-0.25, -0.2) is 0 Å². The van der Waals surface area contributed by atoms with Crippen molar-refractivity contribution in [2.24, 2.45) is 0 Å². The molecule has 0 saturated carbocycles. The van der Waals surface area contributed by atoms with Crippen molar-refractivity contribution < 1.29 is 17.8 Å². The number of benzene rings is 4. The second-order valence-electron chi connectivity index (χ2n) is 6.44. The minimum atomic E-state index is -4.35. The van der Waals surface area contributed by atoms with E-state index in [1.165, 1.54) is 24.3 Å². The summed E-state index contributed by atoms with van der Waals surface area (Å²) in [6.45, 7) is 0. The topological polar surface area (TPSA) is 95.5 Å². The molecule has 146 valence electrons. The minimum absolute atomic E-state index is 0.177. The molecule has 8 heteroatoms. The fraction of sp³-hybridized carbons (Fsp3) is 0. The lowest BCUT2D eigenvalue weighted by atomic mass is 9.97. The van der Waals surface area contributed by atoms with E-state index in [0.29, 0.717) is 16.3 Å². The Morgan fingerprint density at radius 2 is 1.48 bits per heavy atom. The van der Waals surface area contributed by atoms with Gasteiger partial charge in [-0.15, -0.1) is 0 Å². The molecule has 0 spiro atoms. The molecule has 0 bridgehead atoms. The molecule has 29 heavy (non-hydrogen) atoms. The Balaban J connectivity index is 1.71. The second-order valence-corrected chi connectivity index (χ2v) is 8.03. The summed E-state index contributed by atoms with van der Waals surface area (Å²) in [6.07, 6.45) is 0. The Labute approximate surface area is 172 Å². The fourth-order valence-electron chi connectivity index (χ4n) is 3.24. The zero-order valence-corrected chi connectivity index (χ0v) is 16.5. The first-order valence-corrected chi connectivity index (χ1v) is 10.4. The van der Waals surface area contributed by atoms with Crippen LogP contribution in [0.25, 0.3) is 21.5 Å². The highest BCUT2D eigenvalue weighted by Crippen LogP contribution is 2.31. The fourth-order valence-corrected chi connectivity index (χ4v) is 3.86. The highest BCUT2D eigenvalue weighted by molar-refractivity contribution is 7.87. The van der Waals surface area contributed by atoms with E-state index in [0.717, 1.165) is 21.5 Å². The van der Waals surface area contributed by atoms with Crippen molar-refractivity contribution in [3.8, 4) is 0 Å². The van der Waals surface area contributed by atoms with Crippen LogP contribution in [0.4, 0.5) is 11.4 Å². The van der Waals surface area contributed by atoms with Crippen LogP contribution in [0.5, 0.6) is 0 Å². The quantitative estimate of drug-likeness (QED) is 0.312. The number of nitrogens with one attached hydrogen (secondary N) is 2. The Morgan fingerprint density at radius 3 is 2.17 bits per heavy atom. The zero-order chi connectivity index (χ0) is 20.6. The maximum Gasteiger partial charge on any atom is 0.357 e. The first-order valence-electron chi connectivity index (χ1n) is 8.58. The summed E-state index contributed by atoms with van der Waals surface area (Å²) < 4.78 is 32.5. The van der Waals surface area contributed by atoms with Crippen LogP contribution < -0.4 is 10.0 Å². The van der Waals surface area contributed by atoms with Crippen LogP contribution in [0.2, 0.25) is 5.02 Å². The lowest BCUT2D eigenvalue weighted by molar-refractivity contribution is 0.102. The van der Waals surface area contributed by atoms with E-state index in [4.69, 9.17) is 16.2 Å². The largest absolute Gasteiger partial charge is 0.357 e. The molecule has 4 aromatic carbocycles. The zero-order valence-electron chi connectivity index (χ0n) is 14.9. The summed E-state index contributed by atoms with van der Waals surface area (Å²) >= 11 is 6.13. The molecule has 4 aromatic rings. The standard InChI is InChI=1S/C21H15ClN2O4S/c22-14-5-10-17-13(11-14)12-20(19-4-2-1-3-18(17)19)21(25)23-15-6-8-16(9-7-15)24-29(26,27)28/h1-12,24H,(H,23,25)(H,26,27,28). The summed E-state index contributed by atoms with van der Waals surface area (Å²) in [5.74, 6) is -0.307. The van der Waals surface area contributed by atoms with Crippen molar-refractivity contribution in [3.05, 3.63) is 83.4 Å². The molecule has 4 rings (SSSR count). The molecule has 0 aliphatic carbocycles. The van der Waals surface area contributed by atoms with Crippen LogP contribution in [-0.2, 0) is 10.3 Å². The molecule has 0 aromatic heterocycles. The molecule has 0 aliphatic rings. The van der Waals surface area contributed by atoms with E-state index in [2.05, 4.69) is 5.32 Å². The summed E-state index contributed by atoms with van der Waals surface area (Å²) in [7, 11) is -4.35. The number of carbonyl (C=O) groups excluding carboxylic acids is 1. The third-order valence-electron chi connectivity index (χ3n) is 4.46. The predicted octanol–water partition coefficient (Wildman–Crippen LogP) is 5.11. The molecule has 0 fully saturated rings. The molecule has 3 N–H and O–H groups in total. The SMILES string of the molecule is O=C(Nc1ccc(NS(=O)(=O)O)cc1)c1cc2cc(Cl)ccc2c2ccccc12. The van der Waals surface area contributed by atoms with Gasteiger partial charge < -0.3 is 5.32 Å². The number of halogens is 1. The number of hydrogen-bond donors (Lipinski definition) is 3. The van der Waals surface area contributed by atoms with Gasteiger partial charge in [-0.2, -0.15) is 8.42 Å². The van der Waals surface area contributed by atoms with Gasteiger partial charge in [-0.05, 0) is 64.0 Å². The van der Waals surface area contributed by atoms with Crippen molar-refractivity contribution in [1.82, 2.24) is 0 Å². The van der Waals surface area contributed by atoms with Crippen LogP contribution >= 0.6 is 11.6 Å². The van der Waals surface area contributed by atoms with Crippen LogP contribution in [0.15, 0.2) is 72.8 Å². The number of hydrogen-bond acceptors (Lipinski definition) is 3. The summed E-state index contributed by atoms with van der Waals surface area (Å²) in [5.41, 5.74) is 1.15. The van der Waals surface area contributed by atoms with Gasteiger partial charge in [0.1, 0.15) is 0 Å². The van der Waals surface area contributed by atoms with Crippen molar-refractivity contribution in [1.29, 1.82) is 0 Å². The first-order chi connectivity index (χ1) is 13.8. The van der Waals surface area contributed by atoms with Crippen molar-refractivity contribution >= 4 is 60.7 Å². The normalized spacial score (nSPS) is 11.5. The molecule has 0 unspecified atom stereocenters. The number of fused-ring (bicyclic) bond motifs is 3. The Hall–Kier alpha value is -3.13. The highest BCUT2D eigenvalue weighted by Gasteiger charge is 2.14. The molecule has 6 nitrogen and oxygen atoms in total. The Bertz CT molecular complexity index is 1350. The average molecular weight is 427 g/mol. The van der Waals surface area contributed by atoms with Crippen LogP contribution in [0.1, 0.15) is 10.4 Å². The van der Waals surface area contributed by atoms with Gasteiger partial charge in [0.2, 0.25) is 0 Å². The second kappa shape index (κ2) is 7.36. The molecular formula is C21H15ClN2O4S. The third-order valence-corrected chi connectivity index (χ3v) is 5.18. The number of amides is 1. The van der Waals surface area contributed by atoms with Gasteiger partial charge in [0.15, 0.2) is 0 Å². The lowest BCUT2D eigenvalue weighted by Crippen LogP contribution is -2.13. The highest BCUT2D eigenvalue weighted by atomic mass is 35.5. The van der Waals surface area contributed by atoms with Crippen molar-refractivity contribution in [2.45, 2.75) is 0 Å². The van der Waals surface area contributed by atoms with Gasteiger partial charge >= 0.3 is 10.3 Å². The summed E-state index contributed by atoms with van der Waals surface area (Å²) in [6, 6.07) is 20.9. The Kier molecular flexibility index (Phi) is 4.87. The lowest BCUT2D eigenvalue weighted by Gasteiger charge is -2.12. The maximum atomic E-state index is 13.0. The van der Waals surface area contributed by atoms with E-state index >= 15 is 0 Å². The minimum Gasteiger partial charge on any atom is -0.322 e. The van der Waals surface area contributed by atoms with Crippen LogP contribution in [-0.4, -0.2) is 18.9 Å². The third kappa shape index (κ3) is 4.17. The molecule has 0 aliphatic heterocycles. The van der Waals surface area contributed by atoms with Crippen molar-refractivity contribution in [3.63, 3.8) is 0 Å². The maximum absolute atomic E-state index is 13.0. The van der Waals surface area contributed by atoms with E-state index in [1.54, 1.807) is 6.07 Å². The summed E-state index contributed by atoms with van der Waals surface area (Å²) in [4.78, 5) is 13.0. The molecular weight excluding hydrogens is 412 g/mol. The number of carbonyl (C=O) groups is 1. The first kappa shape index (κ1) is 19.2. The molecule has 0 heterocycles. The molecule has 0 atom stereocenters. The van der Waals surface area contributed by atoms with E-state index < -0.39 is 10.3 Å².